The molecule has 6 heteroatoms. The average molecular weight is 423 g/mol. The minimum Gasteiger partial charge on any atom is -0.394 e. The number of benzene rings is 2. The number of ketones is 1. The van der Waals surface area contributed by atoms with E-state index in [9.17, 15) is 20.3 Å². The van der Waals surface area contributed by atoms with Crippen molar-refractivity contribution in [2.75, 3.05) is 18.1 Å². The van der Waals surface area contributed by atoms with E-state index in [1.165, 1.54) is 18.5 Å². The maximum atomic E-state index is 12.5. The van der Waals surface area contributed by atoms with Crippen molar-refractivity contribution in [1.29, 1.82) is 5.26 Å². The van der Waals surface area contributed by atoms with Gasteiger partial charge in [-0.05, 0) is 54.8 Å². The first-order valence-corrected chi connectivity index (χ1v) is 10.9. The lowest BCUT2D eigenvalue weighted by Crippen LogP contribution is -2.29. The highest BCUT2D eigenvalue weighted by Gasteiger charge is 2.24. The summed E-state index contributed by atoms with van der Waals surface area (Å²) < 4.78 is 0. The van der Waals surface area contributed by atoms with E-state index in [2.05, 4.69) is 30.0 Å². The molecule has 1 heterocycles. The normalized spacial score (nSPS) is 18.7. The van der Waals surface area contributed by atoms with Crippen LogP contribution in [0.4, 0.5) is 5.69 Å². The molecule has 1 fully saturated rings. The van der Waals surface area contributed by atoms with Crippen LogP contribution in [0.2, 0.25) is 0 Å². The molecule has 3 unspecified atom stereocenters. The molecule has 0 radical (unpaired) electrons. The molecular formula is C25H30N2O4. The Hall–Kier alpha value is -2.72. The molecule has 1 aliphatic heterocycles. The summed E-state index contributed by atoms with van der Waals surface area (Å²) in [5.74, 6) is -0.398. The number of hydrogen-bond donors (Lipinski definition) is 3. The number of carbonyl (C=O) groups excluding carboxylic acids is 1. The minimum atomic E-state index is -1.29. The summed E-state index contributed by atoms with van der Waals surface area (Å²) in [6, 6.07) is 14.7. The zero-order chi connectivity index (χ0) is 22.4. The van der Waals surface area contributed by atoms with Crippen molar-refractivity contribution in [1.82, 2.24) is 0 Å². The van der Waals surface area contributed by atoms with E-state index in [1.54, 1.807) is 6.08 Å². The maximum Gasteiger partial charge on any atom is 0.173 e. The van der Waals surface area contributed by atoms with Crippen molar-refractivity contribution < 1.29 is 20.1 Å². The number of Topliss-reactive ketones (excluding diaryl/α,β-unsaturated/α-hetero) is 1. The number of carbonyl (C=O) groups is 1. The van der Waals surface area contributed by atoms with Crippen LogP contribution in [0.25, 0.3) is 16.8 Å². The van der Waals surface area contributed by atoms with E-state index in [0.717, 1.165) is 29.3 Å². The fourth-order valence-electron chi connectivity index (χ4n) is 4.26. The summed E-state index contributed by atoms with van der Waals surface area (Å²) in [5.41, 5.74) is 1.96. The largest absolute Gasteiger partial charge is 0.394 e. The van der Waals surface area contributed by atoms with E-state index in [-0.39, 0.29) is 18.4 Å². The van der Waals surface area contributed by atoms with E-state index in [1.807, 2.05) is 24.3 Å². The van der Waals surface area contributed by atoms with Crippen LogP contribution in [-0.4, -0.2) is 52.5 Å². The number of fused-ring (bicyclic) bond motifs is 1. The predicted octanol–water partition coefficient (Wildman–Crippen LogP) is 3.19. The molecule has 0 spiro atoms. The lowest BCUT2D eigenvalue weighted by molar-refractivity contribution is -0.116. The number of rotatable bonds is 9. The fraction of sp³-hybridized carbons (Fsp3) is 0.440. The van der Waals surface area contributed by atoms with Crippen molar-refractivity contribution in [3.63, 3.8) is 0 Å². The van der Waals surface area contributed by atoms with Gasteiger partial charge >= 0.3 is 0 Å². The molecule has 2 aromatic rings. The van der Waals surface area contributed by atoms with Gasteiger partial charge in [0.15, 0.2) is 5.78 Å². The van der Waals surface area contributed by atoms with Gasteiger partial charge < -0.3 is 20.2 Å². The van der Waals surface area contributed by atoms with Gasteiger partial charge in [-0.15, -0.1) is 0 Å². The molecule has 0 aromatic heterocycles. The number of anilines is 1. The molecule has 2 aromatic carbocycles. The lowest BCUT2D eigenvalue weighted by atomic mass is 9.99. The highest BCUT2D eigenvalue weighted by Crippen LogP contribution is 2.34. The Labute approximate surface area is 183 Å². The van der Waals surface area contributed by atoms with Crippen LogP contribution in [0.5, 0.6) is 0 Å². The maximum absolute atomic E-state index is 12.5. The number of aliphatic hydroxyl groups excluding tert-OH is 3. The Balaban J connectivity index is 1.86. The van der Waals surface area contributed by atoms with Gasteiger partial charge in [0.2, 0.25) is 0 Å². The molecule has 0 saturated carbocycles. The van der Waals surface area contributed by atoms with Gasteiger partial charge in [-0.1, -0.05) is 31.2 Å². The summed E-state index contributed by atoms with van der Waals surface area (Å²) >= 11 is 0. The van der Waals surface area contributed by atoms with Crippen LogP contribution in [0.15, 0.2) is 42.0 Å². The summed E-state index contributed by atoms with van der Waals surface area (Å²) in [6.45, 7) is 2.66. The monoisotopic (exact) mass is 422 g/mol. The first-order valence-electron chi connectivity index (χ1n) is 10.9. The van der Waals surface area contributed by atoms with Gasteiger partial charge in [0.1, 0.15) is 12.2 Å². The van der Waals surface area contributed by atoms with Gasteiger partial charge in [-0.2, -0.15) is 5.26 Å². The van der Waals surface area contributed by atoms with Gasteiger partial charge in [-0.25, -0.2) is 0 Å². The Kier molecular flexibility index (Phi) is 7.80. The zero-order valence-electron chi connectivity index (χ0n) is 17.9. The summed E-state index contributed by atoms with van der Waals surface area (Å²) in [4.78, 5) is 14.9. The van der Waals surface area contributed by atoms with Crippen molar-refractivity contribution in [3.8, 4) is 6.07 Å². The Morgan fingerprint density at radius 2 is 2.10 bits per heavy atom. The summed E-state index contributed by atoms with van der Waals surface area (Å²) in [6.07, 6.45) is 2.45. The minimum absolute atomic E-state index is 0.00938. The molecule has 0 bridgehead atoms. The van der Waals surface area contributed by atoms with Gasteiger partial charge in [0.05, 0.1) is 18.3 Å². The molecule has 0 aliphatic carbocycles. The van der Waals surface area contributed by atoms with Crippen molar-refractivity contribution in [2.45, 2.75) is 57.3 Å². The van der Waals surface area contributed by atoms with Crippen LogP contribution in [0.3, 0.4) is 0 Å². The SMILES string of the molecule is CCC1CCCN1c1cccc2ccc(/C=C(\C#N)C(=O)CCC(O)C(O)CO)cc12. The molecular weight excluding hydrogens is 392 g/mol. The molecule has 3 atom stereocenters. The van der Waals surface area contributed by atoms with E-state index < -0.39 is 24.6 Å². The Morgan fingerprint density at radius 1 is 1.29 bits per heavy atom. The average Bonchev–Trinajstić information content (AvgIpc) is 3.28. The number of nitrogens with zero attached hydrogens (tertiary/aromatic N) is 2. The molecule has 3 N–H and O–H groups in total. The van der Waals surface area contributed by atoms with Crippen LogP contribution < -0.4 is 4.90 Å². The second-order valence-corrected chi connectivity index (χ2v) is 8.10. The van der Waals surface area contributed by atoms with Crippen LogP contribution in [0.1, 0.15) is 44.6 Å². The van der Waals surface area contributed by atoms with Gasteiger partial charge in [-0.3, -0.25) is 4.79 Å². The summed E-state index contributed by atoms with van der Waals surface area (Å²) in [7, 11) is 0. The van der Waals surface area contributed by atoms with Gasteiger partial charge in [0, 0.05) is 30.1 Å². The molecule has 0 amide bonds. The van der Waals surface area contributed by atoms with Crippen molar-refractivity contribution in [2.24, 2.45) is 0 Å². The molecule has 1 saturated heterocycles. The second kappa shape index (κ2) is 10.5. The van der Waals surface area contributed by atoms with E-state index in [4.69, 9.17) is 5.11 Å². The molecule has 3 rings (SSSR count). The van der Waals surface area contributed by atoms with E-state index >= 15 is 0 Å². The Bertz CT molecular complexity index is 995. The molecule has 31 heavy (non-hydrogen) atoms. The van der Waals surface area contributed by atoms with Crippen molar-refractivity contribution >= 4 is 28.3 Å². The predicted molar refractivity (Wildman–Crippen MR) is 122 cm³/mol. The second-order valence-electron chi connectivity index (χ2n) is 8.10. The number of allylic oxidation sites excluding steroid dienone is 1. The van der Waals surface area contributed by atoms with Crippen LogP contribution in [-0.2, 0) is 4.79 Å². The quantitative estimate of drug-likeness (QED) is 0.423. The zero-order valence-corrected chi connectivity index (χ0v) is 17.9. The number of hydrogen-bond acceptors (Lipinski definition) is 6. The van der Waals surface area contributed by atoms with Crippen LogP contribution >= 0.6 is 0 Å². The fourth-order valence-corrected chi connectivity index (χ4v) is 4.26. The molecule has 6 nitrogen and oxygen atoms in total. The van der Waals surface area contributed by atoms with Crippen LogP contribution in [0, 0.1) is 11.3 Å². The third kappa shape index (κ3) is 5.31. The lowest BCUT2D eigenvalue weighted by Gasteiger charge is -2.27. The molecule has 1 aliphatic rings. The third-order valence-corrected chi connectivity index (χ3v) is 6.07. The molecule has 164 valence electrons. The third-order valence-electron chi connectivity index (χ3n) is 6.07. The highest BCUT2D eigenvalue weighted by atomic mass is 16.4. The number of nitriles is 1. The summed E-state index contributed by atoms with van der Waals surface area (Å²) in [5, 5.41) is 39.7. The Morgan fingerprint density at radius 3 is 2.81 bits per heavy atom. The highest BCUT2D eigenvalue weighted by molar-refractivity contribution is 6.04. The standard InChI is InChI=1S/C25H30N2O4/c1-2-20-6-4-12-27(20)22-7-3-5-18-9-8-17(14-21(18)22)13-19(15-26)23(29)10-11-24(30)25(31)16-28/h3,5,7-9,13-14,20,24-25,28,30-31H,2,4,6,10-12,16H2,1H3/b19-13+. The van der Waals surface area contributed by atoms with Gasteiger partial charge in [0.25, 0.3) is 0 Å². The number of aliphatic hydroxyl groups is 3. The smallest absolute Gasteiger partial charge is 0.173 e. The van der Waals surface area contributed by atoms with Crippen molar-refractivity contribution in [3.05, 3.63) is 47.5 Å². The topological polar surface area (TPSA) is 105 Å². The first-order chi connectivity index (χ1) is 15.0. The first kappa shape index (κ1) is 23.0. The van der Waals surface area contributed by atoms with E-state index in [0.29, 0.717) is 6.04 Å².